The minimum Gasteiger partial charge on any atom is -0.382 e. The molecule has 0 saturated heterocycles. The quantitative estimate of drug-likeness (QED) is 0.370. The SMILES string of the molecule is CCOCCC1(CNC(=NCc2nnc(C)n2C)NCc2cccs2)CC1. The highest BCUT2D eigenvalue weighted by molar-refractivity contribution is 7.09. The molecule has 2 aromatic heterocycles. The van der Waals surface area contributed by atoms with Gasteiger partial charge in [-0.25, -0.2) is 4.99 Å². The molecule has 0 atom stereocenters. The van der Waals surface area contributed by atoms with Crippen molar-refractivity contribution in [2.24, 2.45) is 17.5 Å². The Bertz CT molecular complexity index is 735. The average molecular weight is 391 g/mol. The summed E-state index contributed by atoms with van der Waals surface area (Å²) in [4.78, 5) is 6.03. The topological polar surface area (TPSA) is 76.4 Å². The first kappa shape index (κ1) is 19.8. The third kappa shape index (κ3) is 5.77. The maximum atomic E-state index is 5.54. The van der Waals surface area contributed by atoms with Crippen LogP contribution in [0, 0.1) is 12.3 Å². The van der Waals surface area contributed by atoms with Crippen molar-refractivity contribution in [2.75, 3.05) is 19.8 Å². The van der Waals surface area contributed by atoms with Crippen LogP contribution in [-0.4, -0.2) is 40.5 Å². The number of thiophene rings is 1. The number of ether oxygens (including phenoxy) is 1. The molecule has 0 bridgehead atoms. The van der Waals surface area contributed by atoms with Crippen LogP contribution in [0.2, 0.25) is 0 Å². The van der Waals surface area contributed by atoms with Gasteiger partial charge in [-0.15, -0.1) is 21.5 Å². The molecule has 27 heavy (non-hydrogen) atoms. The van der Waals surface area contributed by atoms with Crippen molar-refractivity contribution in [1.29, 1.82) is 0 Å². The lowest BCUT2D eigenvalue weighted by molar-refractivity contribution is 0.128. The zero-order valence-electron chi connectivity index (χ0n) is 16.5. The highest BCUT2D eigenvalue weighted by atomic mass is 32.1. The minimum absolute atomic E-state index is 0.363. The van der Waals surface area contributed by atoms with E-state index in [0.717, 1.165) is 50.3 Å². The molecular formula is C19H30N6OS. The molecule has 3 rings (SSSR count). The van der Waals surface area contributed by atoms with E-state index in [1.165, 1.54) is 17.7 Å². The zero-order chi connectivity index (χ0) is 19.1. The molecule has 8 heteroatoms. The van der Waals surface area contributed by atoms with E-state index in [2.05, 4.69) is 38.3 Å². The Hall–Kier alpha value is -1.93. The van der Waals surface area contributed by atoms with E-state index >= 15 is 0 Å². The van der Waals surface area contributed by atoms with Crippen LogP contribution in [-0.2, 0) is 24.9 Å². The van der Waals surface area contributed by atoms with Gasteiger partial charge in [0.25, 0.3) is 0 Å². The fourth-order valence-electron chi connectivity index (χ4n) is 2.89. The van der Waals surface area contributed by atoms with Crippen molar-refractivity contribution < 1.29 is 4.74 Å². The van der Waals surface area contributed by atoms with Crippen LogP contribution in [0.3, 0.4) is 0 Å². The van der Waals surface area contributed by atoms with Gasteiger partial charge in [0.1, 0.15) is 12.4 Å². The zero-order valence-corrected chi connectivity index (χ0v) is 17.3. The second-order valence-electron chi connectivity index (χ2n) is 7.12. The van der Waals surface area contributed by atoms with Crippen molar-refractivity contribution in [1.82, 2.24) is 25.4 Å². The third-order valence-electron chi connectivity index (χ3n) is 5.14. The Balaban J connectivity index is 1.58. The van der Waals surface area contributed by atoms with Gasteiger partial charge >= 0.3 is 0 Å². The largest absolute Gasteiger partial charge is 0.382 e. The van der Waals surface area contributed by atoms with Gasteiger partial charge in [-0.05, 0) is 50.0 Å². The van der Waals surface area contributed by atoms with Crippen LogP contribution in [0.25, 0.3) is 0 Å². The normalized spacial score (nSPS) is 15.7. The lowest BCUT2D eigenvalue weighted by Gasteiger charge is -2.18. The molecule has 1 aliphatic carbocycles. The molecule has 0 aliphatic heterocycles. The predicted molar refractivity (Wildman–Crippen MR) is 109 cm³/mol. The van der Waals surface area contributed by atoms with Crippen LogP contribution in [0.4, 0.5) is 0 Å². The van der Waals surface area contributed by atoms with Crippen LogP contribution in [0.15, 0.2) is 22.5 Å². The van der Waals surface area contributed by atoms with E-state index in [9.17, 15) is 0 Å². The Morgan fingerprint density at radius 1 is 1.37 bits per heavy atom. The summed E-state index contributed by atoms with van der Waals surface area (Å²) in [6.45, 7) is 7.82. The fourth-order valence-corrected chi connectivity index (χ4v) is 3.54. The van der Waals surface area contributed by atoms with Gasteiger partial charge in [-0.3, -0.25) is 0 Å². The van der Waals surface area contributed by atoms with E-state index < -0.39 is 0 Å². The van der Waals surface area contributed by atoms with E-state index in [0.29, 0.717) is 12.0 Å². The number of nitrogens with one attached hydrogen (secondary N) is 2. The summed E-state index contributed by atoms with van der Waals surface area (Å²) in [6, 6.07) is 4.20. The van der Waals surface area contributed by atoms with Crippen molar-refractivity contribution in [3.63, 3.8) is 0 Å². The molecule has 7 nitrogen and oxygen atoms in total. The van der Waals surface area contributed by atoms with Gasteiger partial charge < -0.3 is 19.9 Å². The van der Waals surface area contributed by atoms with Crippen LogP contribution >= 0.6 is 11.3 Å². The number of aryl methyl sites for hydroxylation is 1. The molecule has 0 spiro atoms. The smallest absolute Gasteiger partial charge is 0.192 e. The van der Waals surface area contributed by atoms with E-state index in [1.54, 1.807) is 11.3 Å². The Morgan fingerprint density at radius 3 is 2.85 bits per heavy atom. The van der Waals surface area contributed by atoms with Crippen LogP contribution in [0.1, 0.15) is 42.7 Å². The van der Waals surface area contributed by atoms with Gasteiger partial charge in [0.2, 0.25) is 0 Å². The lowest BCUT2D eigenvalue weighted by atomic mass is 10.0. The molecule has 1 aliphatic rings. The molecule has 148 valence electrons. The first-order chi connectivity index (χ1) is 13.1. The molecule has 0 radical (unpaired) electrons. The number of hydrogen-bond donors (Lipinski definition) is 2. The summed E-state index contributed by atoms with van der Waals surface area (Å²) >= 11 is 1.75. The number of aliphatic imine (C=N–C) groups is 1. The average Bonchev–Trinajstić information content (AvgIpc) is 3.09. The van der Waals surface area contributed by atoms with Gasteiger partial charge in [-0.2, -0.15) is 0 Å². The summed E-state index contributed by atoms with van der Waals surface area (Å²) in [5, 5.41) is 17.4. The van der Waals surface area contributed by atoms with Crippen molar-refractivity contribution in [3.05, 3.63) is 34.0 Å². The van der Waals surface area contributed by atoms with Gasteiger partial charge in [0.05, 0.1) is 6.54 Å². The molecule has 2 heterocycles. The standard InChI is InChI=1S/C19H30N6OS/c1-4-26-10-9-19(7-8-19)14-22-18(20-12-16-6-5-11-27-16)21-13-17-24-23-15(2)25(17)3/h5-6,11H,4,7-10,12-14H2,1-3H3,(H2,20,21,22). The summed E-state index contributed by atoms with van der Waals surface area (Å²) in [7, 11) is 1.97. The van der Waals surface area contributed by atoms with E-state index in [4.69, 9.17) is 9.73 Å². The number of guanidine groups is 1. The number of hydrogen-bond acceptors (Lipinski definition) is 5. The molecule has 0 aromatic carbocycles. The number of aromatic nitrogens is 3. The second-order valence-corrected chi connectivity index (χ2v) is 8.15. The highest BCUT2D eigenvalue weighted by Crippen LogP contribution is 2.48. The Kier molecular flexibility index (Phi) is 6.84. The summed E-state index contributed by atoms with van der Waals surface area (Å²) in [5.41, 5.74) is 0.363. The van der Waals surface area contributed by atoms with Crippen molar-refractivity contribution in [3.8, 4) is 0 Å². The second kappa shape index (κ2) is 9.32. The summed E-state index contributed by atoms with van der Waals surface area (Å²) in [6.07, 6.45) is 3.62. The molecule has 1 fully saturated rings. The van der Waals surface area contributed by atoms with Crippen molar-refractivity contribution >= 4 is 17.3 Å². The molecule has 0 amide bonds. The van der Waals surface area contributed by atoms with Crippen LogP contribution < -0.4 is 10.6 Å². The summed E-state index contributed by atoms with van der Waals surface area (Å²) in [5.74, 6) is 2.59. The maximum Gasteiger partial charge on any atom is 0.192 e. The van der Waals surface area contributed by atoms with E-state index in [1.807, 2.05) is 25.5 Å². The fraction of sp³-hybridized carbons (Fsp3) is 0.632. The Labute approximate surface area is 165 Å². The molecule has 0 unspecified atom stereocenters. The molecule has 2 aromatic rings. The number of nitrogens with zero attached hydrogens (tertiary/aromatic N) is 4. The highest BCUT2D eigenvalue weighted by Gasteiger charge is 2.41. The van der Waals surface area contributed by atoms with Gasteiger partial charge in [0, 0.05) is 31.7 Å². The first-order valence-corrected chi connectivity index (χ1v) is 10.5. The predicted octanol–water partition coefficient (Wildman–Crippen LogP) is 2.63. The van der Waals surface area contributed by atoms with Crippen molar-refractivity contribution in [2.45, 2.75) is 46.2 Å². The lowest BCUT2D eigenvalue weighted by Crippen LogP contribution is -2.40. The minimum atomic E-state index is 0.363. The van der Waals surface area contributed by atoms with Gasteiger partial charge in [0.15, 0.2) is 11.8 Å². The Morgan fingerprint density at radius 2 is 2.22 bits per heavy atom. The molecular weight excluding hydrogens is 360 g/mol. The third-order valence-corrected chi connectivity index (χ3v) is 6.02. The van der Waals surface area contributed by atoms with Crippen LogP contribution in [0.5, 0.6) is 0 Å². The molecule has 1 saturated carbocycles. The molecule has 2 N–H and O–H groups in total. The maximum absolute atomic E-state index is 5.54. The first-order valence-electron chi connectivity index (χ1n) is 9.59. The summed E-state index contributed by atoms with van der Waals surface area (Å²) < 4.78 is 7.52. The number of rotatable bonds is 10. The van der Waals surface area contributed by atoms with Gasteiger partial charge in [-0.1, -0.05) is 6.07 Å². The van der Waals surface area contributed by atoms with E-state index in [-0.39, 0.29) is 0 Å². The monoisotopic (exact) mass is 390 g/mol.